The molecular formula is C22H20F2N6O. The highest BCUT2D eigenvalue weighted by atomic mass is 19.1. The van der Waals surface area contributed by atoms with Crippen molar-refractivity contribution in [3.05, 3.63) is 65.6 Å². The first-order valence-corrected chi connectivity index (χ1v) is 10.0. The molecule has 2 atom stereocenters. The van der Waals surface area contributed by atoms with E-state index in [-0.39, 0.29) is 35.0 Å². The van der Waals surface area contributed by atoms with E-state index in [9.17, 15) is 9.18 Å². The van der Waals surface area contributed by atoms with Gasteiger partial charge in [0.05, 0.1) is 24.0 Å². The predicted molar refractivity (Wildman–Crippen MR) is 112 cm³/mol. The number of hydrogen-bond donors (Lipinski definition) is 1. The number of hydrogen-bond acceptors (Lipinski definition) is 5. The van der Waals surface area contributed by atoms with Gasteiger partial charge in [0, 0.05) is 41.7 Å². The van der Waals surface area contributed by atoms with Crippen molar-refractivity contribution in [2.75, 3.05) is 18.0 Å². The molecule has 31 heavy (non-hydrogen) atoms. The van der Waals surface area contributed by atoms with Crippen molar-refractivity contribution in [3.63, 3.8) is 0 Å². The average Bonchev–Trinajstić information content (AvgIpc) is 3.16. The molecule has 7 nitrogen and oxygen atoms in total. The van der Waals surface area contributed by atoms with E-state index in [1.165, 1.54) is 12.3 Å². The van der Waals surface area contributed by atoms with Crippen molar-refractivity contribution >= 4 is 28.3 Å². The van der Waals surface area contributed by atoms with E-state index in [4.69, 9.17) is 0 Å². The lowest BCUT2D eigenvalue weighted by Crippen LogP contribution is -2.53. The lowest BCUT2D eigenvalue weighted by molar-refractivity contribution is -0.121. The molecule has 9 heteroatoms. The number of pyridine rings is 1. The van der Waals surface area contributed by atoms with Crippen molar-refractivity contribution in [3.8, 4) is 0 Å². The number of carbonyl (C=O) groups excluding carboxylic acids is 1. The number of amides is 1. The van der Waals surface area contributed by atoms with E-state index in [2.05, 4.69) is 20.4 Å². The summed E-state index contributed by atoms with van der Waals surface area (Å²) < 4.78 is 31.7. The van der Waals surface area contributed by atoms with Crippen molar-refractivity contribution in [2.45, 2.75) is 25.8 Å². The Morgan fingerprint density at radius 2 is 2.06 bits per heavy atom. The fraction of sp³-hybridized carbons (Fsp3) is 0.273. The van der Waals surface area contributed by atoms with Gasteiger partial charge in [0.25, 0.3) is 0 Å². The molecular weight excluding hydrogens is 402 g/mol. The first kappa shape index (κ1) is 19.3. The molecule has 158 valence electrons. The number of aromatic nitrogens is 4. The number of imidazole rings is 1. The summed E-state index contributed by atoms with van der Waals surface area (Å²) in [5.41, 5.74) is 1.32. The molecule has 0 saturated carbocycles. The van der Waals surface area contributed by atoms with Crippen molar-refractivity contribution < 1.29 is 13.6 Å². The predicted octanol–water partition coefficient (Wildman–Crippen LogP) is 3.03. The highest BCUT2D eigenvalue weighted by molar-refractivity contribution is 5.82. The second-order valence-corrected chi connectivity index (χ2v) is 7.87. The standard InChI is InChI=1S/C22H20F2N6O/c1-12-10-29(11-20(31)27-12)19-6-5-18-26-9-17(30(18)28-19)13(2)21-15(23)8-16-14(22(21)24)4-3-7-25-16/h3-9,12-13H,10-11H2,1-2H3,(H,27,31). The van der Waals surface area contributed by atoms with E-state index < -0.39 is 17.6 Å². The van der Waals surface area contributed by atoms with Crippen molar-refractivity contribution in [1.82, 2.24) is 24.9 Å². The van der Waals surface area contributed by atoms with Gasteiger partial charge in [-0.1, -0.05) is 6.92 Å². The van der Waals surface area contributed by atoms with Gasteiger partial charge in [0.1, 0.15) is 17.5 Å². The smallest absolute Gasteiger partial charge is 0.239 e. The van der Waals surface area contributed by atoms with Gasteiger partial charge < -0.3 is 10.2 Å². The number of rotatable bonds is 3. The van der Waals surface area contributed by atoms with Crippen molar-refractivity contribution in [2.24, 2.45) is 0 Å². The minimum absolute atomic E-state index is 0.00525. The van der Waals surface area contributed by atoms with Crippen LogP contribution in [0.4, 0.5) is 14.6 Å². The Kier molecular flexibility index (Phi) is 4.53. The van der Waals surface area contributed by atoms with Crippen LogP contribution in [-0.4, -0.2) is 44.6 Å². The molecule has 1 fully saturated rings. The third-order valence-electron chi connectivity index (χ3n) is 5.64. The monoisotopic (exact) mass is 422 g/mol. The van der Waals surface area contributed by atoms with E-state index in [0.29, 0.717) is 23.7 Å². The zero-order valence-corrected chi connectivity index (χ0v) is 17.0. The second-order valence-electron chi connectivity index (χ2n) is 7.87. The summed E-state index contributed by atoms with van der Waals surface area (Å²) in [5, 5.41) is 7.78. The van der Waals surface area contributed by atoms with Gasteiger partial charge in [-0.05, 0) is 31.2 Å². The molecule has 0 aliphatic carbocycles. The number of carbonyl (C=O) groups is 1. The SMILES string of the molecule is CC1CN(c2ccc3ncc(C(C)c4c(F)cc5ncccc5c4F)n3n2)CC(=O)N1. The van der Waals surface area contributed by atoms with Crippen LogP contribution in [0, 0.1) is 11.6 Å². The topological polar surface area (TPSA) is 75.4 Å². The normalized spacial score (nSPS) is 17.9. The fourth-order valence-electron chi connectivity index (χ4n) is 4.17. The number of piperazine rings is 1. The summed E-state index contributed by atoms with van der Waals surface area (Å²) in [7, 11) is 0. The van der Waals surface area contributed by atoms with Crippen LogP contribution in [0.25, 0.3) is 16.6 Å². The van der Waals surface area contributed by atoms with Crippen LogP contribution < -0.4 is 10.2 Å². The molecule has 1 N–H and O–H groups in total. The van der Waals surface area contributed by atoms with Crippen LogP contribution in [0.15, 0.2) is 42.7 Å². The molecule has 1 aliphatic rings. The summed E-state index contributed by atoms with van der Waals surface area (Å²) in [6.07, 6.45) is 3.08. The highest BCUT2D eigenvalue weighted by Crippen LogP contribution is 2.33. The minimum atomic E-state index is -0.663. The summed E-state index contributed by atoms with van der Waals surface area (Å²) in [5.74, 6) is -1.42. The van der Waals surface area contributed by atoms with Crippen LogP contribution in [0.1, 0.15) is 31.0 Å². The first-order chi connectivity index (χ1) is 14.9. The van der Waals surface area contributed by atoms with Gasteiger partial charge in [0.15, 0.2) is 5.65 Å². The number of fused-ring (bicyclic) bond motifs is 2. The van der Waals surface area contributed by atoms with Crippen LogP contribution in [0.2, 0.25) is 0 Å². The summed E-state index contributed by atoms with van der Waals surface area (Å²) in [6, 6.07) is 8.03. The van der Waals surface area contributed by atoms with Gasteiger partial charge >= 0.3 is 0 Å². The summed E-state index contributed by atoms with van der Waals surface area (Å²) >= 11 is 0. The average molecular weight is 422 g/mol. The molecule has 0 spiro atoms. The van der Waals surface area contributed by atoms with Crippen molar-refractivity contribution in [1.29, 1.82) is 0 Å². The van der Waals surface area contributed by atoms with E-state index in [1.807, 2.05) is 11.8 Å². The first-order valence-electron chi connectivity index (χ1n) is 10.0. The molecule has 1 aliphatic heterocycles. The van der Waals surface area contributed by atoms with Gasteiger partial charge in [-0.2, -0.15) is 0 Å². The van der Waals surface area contributed by atoms with E-state index in [1.54, 1.807) is 41.9 Å². The molecule has 1 saturated heterocycles. The van der Waals surface area contributed by atoms with Gasteiger partial charge in [-0.3, -0.25) is 9.78 Å². The number of anilines is 1. The van der Waals surface area contributed by atoms with Crippen LogP contribution in [0.5, 0.6) is 0 Å². The molecule has 0 radical (unpaired) electrons. The Bertz CT molecular complexity index is 1320. The molecule has 4 heterocycles. The molecule has 3 aromatic heterocycles. The van der Waals surface area contributed by atoms with Gasteiger partial charge in [0.2, 0.25) is 5.91 Å². The zero-order chi connectivity index (χ0) is 21.7. The number of nitrogens with zero attached hydrogens (tertiary/aromatic N) is 5. The molecule has 1 amide bonds. The lowest BCUT2D eigenvalue weighted by Gasteiger charge is -2.31. The van der Waals surface area contributed by atoms with Crippen LogP contribution in [0.3, 0.4) is 0 Å². The summed E-state index contributed by atoms with van der Waals surface area (Å²) in [4.78, 5) is 22.2. The third kappa shape index (κ3) is 3.26. The maximum atomic E-state index is 15.2. The Balaban J connectivity index is 1.59. The zero-order valence-electron chi connectivity index (χ0n) is 17.0. The fourth-order valence-corrected chi connectivity index (χ4v) is 4.17. The maximum absolute atomic E-state index is 15.2. The highest BCUT2D eigenvalue weighted by Gasteiger charge is 2.26. The number of benzene rings is 1. The van der Waals surface area contributed by atoms with Gasteiger partial charge in [-0.25, -0.2) is 18.3 Å². The largest absolute Gasteiger partial charge is 0.350 e. The molecule has 1 aromatic carbocycles. The van der Waals surface area contributed by atoms with Crippen LogP contribution >= 0.6 is 0 Å². The third-order valence-corrected chi connectivity index (χ3v) is 5.64. The molecule has 0 bridgehead atoms. The molecule has 2 unspecified atom stereocenters. The Hall–Kier alpha value is -3.62. The van der Waals surface area contributed by atoms with E-state index in [0.717, 1.165) is 0 Å². The molecule has 4 aromatic rings. The summed E-state index contributed by atoms with van der Waals surface area (Å²) in [6.45, 7) is 4.46. The quantitative estimate of drug-likeness (QED) is 0.549. The molecule has 5 rings (SSSR count). The Morgan fingerprint density at radius 1 is 1.23 bits per heavy atom. The Morgan fingerprint density at radius 3 is 2.87 bits per heavy atom. The Labute approximate surface area is 176 Å². The number of nitrogens with one attached hydrogen (secondary N) is 1. The minimum Gasteiger partial charge on any atom is -0.350 e. The second kappa shape index (κ2) is 7.26. The van der Waals surface area contributed by atoms with Gasteiger partial charge in [-0.15, -0.1) is 5.10 Å². The lowest BCUT2D eigenvalue weighted by atomic mass is 9.95. The maximum Gasteiger partial charge on any atom is 0.239 e. The van der Waals surface area contributed by atoms with E-state index >= 15 is 4.39 Å². The van der Waals surface area contributed by atoms with Crippen LogP contribution in [-0.2, 0) is 4.79 Å². The number of halogens is 2.